The van der Waals surface area contributed by atoms with Gasteiger partial charge in [-0.15, -0.1) is 18.0 Å². The SMILES string of the molecule is CCC(C)[O-].CCC(C)[O-].[Al+3].[O-]c1ccccc1. The molecule has 0 aliphatic carbocycles. The molecule has 0 radical (unpaired) electrons. The minimum atomic E-state index is -0.366. The van der Waals surface area contributed by atoms with Crippen LogP contribution in [-0.4, -0.2) is 29.6 Å². The molecule has 1 rings (SSSR count). The molecule has 0 amide bonds. The molecule has 0 heterocycles. The number of hydrogen-bond acceptors (Lipinski definition) is 3. The third kappa shape index (κ3) is 24.6. The zero-order valence-corrected chi connectivity index (χ0v) is 12.9. The van der Waals surface area contributed by atoms with Crippen LogP contribution >= 0.6 is 0 Å². The number of hydrogen-bond donors (Lipinski definition) is 0. The topological polar surface area (TPSA) is 69.2 Å². The fraction of sp³-hybridized carbons (Fsp3) is 0.571. The second-order valence-corrected chi connectivity index (χ2v) is 3.75. The van der Waals surface area contributed by atoms with Gasteiger partial charge in [0.15, 0.2) is 0 Å². The molecule has 4 heteroatoms. The van der Waals surface area contributed by atoms with Crippen molar-refractivity contribution < 1.29 is 15.3 Å². The van der Waals surface area contributed by atoms with Gasteiger partial charge in [0.05, 0.1) is 0 Å². The van der Waals surface area contributed by atoms with Crippen molar-refractivity contribution in [3.05, 3.63) is 30.3 Å². The van der Waals surface area contributed by atoms with E-state index < -0.39 is 0 Å². The molecule has 0 saturated carbocycles. The van der Waals surface area contributed by atoms with Crippen molar-refractivity contribution >= 4 is 17.4 Å². The number of benzene rings is 1. The second-order valence-electron chi connectivity index (χ2n) is 3.75. The Morgan fingerprint density at radius 2 is 1.17 bits per heavy atom. The molecule has 2 atom stereocenters. The second kappa shape index (κ2) is 16.5. The smallest absolute Gasteiger partial charge is 0.872 e. The zero-order valence-electron chi connectivity index (χ0n) is 11.8. The van der Waals surface area contributed by atoms with Gasteiger partial charge < -0.3 is 15.3 Å². The predicted molar refractivity (Wildman–Crippen MR) is 71.1 cm³/mol. The first kappa shape index (κ1) is 22.6. The quantitative estimate of drug-likeness (QED) is 0.739. The molecule has 2 unspecified atom stereocenters. The third-order valence-corrected chi connectivity index (χ3v) is 1.89. The first-order valence-corrected chi connectivity index (χ1v) is 5.97. The summed E-state index contributed by atoms with van der Waals surface area (Å²) < 4.78 is 0. The number of rotatable bonds is 2. The molecule has 1 aromatic rings. The first-order chi connectivity index (χ1) is 7.93. The Morgan fingerprint density at radius 3 is 1.28 bits per heavy atom. The zero-order chi connectivity index (χ0) is 13.7. The van der Waals surface area contributed by atoms with Gasteiger partial charge in [0.2, 0.25) is 0 Å². The maximum Gasteiger partial charge on any atom is 3.00 e. The van der Waals surface area contributed by atoms with Gasteiger partial charge in [0.25, 0.3) is 0 Å². The monoisotopic (exact) mass is 266 g/mol. The van der Waals surface area contributed by atoms with Gasteiger partial charge in [-0.1, -0.05) is 70.9 Å². The Morgan fingerprint density at radius 1 is 0.889 bits per heavy atom. The Bertz CT molecular complexity index is 230. The summed E-state index contributed by atoms with van der Waals surface area (Å²) in [6.07, 6.45) is 0.769. The van der Waals surface area contributed by atoms with Crippen LogP contribution in [0, 0.1) is 0 Å². The van der Waals surface area contributed by atoms with E-state index in [4.69, 9.17) is 0 Å². The molecule has 0 aliphatic heterocycles. The standard InChI is InChI=1S/C6H6O.2C4H9O.Al/c7-6-4-2-1-3-5-6;2*1-3-4(2)5;/h1-5,7H;2*4H,3H2,1-2H3;/q;2*-1;+3/p-1. The van der Waals surface area contributed by atoms with Crippen LogP contribution in [0.3, 0.4) is 0 Å². The Kier molecular flexibility index (Phi) is 20.7. The summed E-state index contributed by atoms with van der Waals surface area (Å²) in [4.78, 5) is 0. The van der Waals surface area contributed by atoms with Gasteiger partial charge in [0, 0.05) is 0 Å². The molecule has 0 aliphatic rings. The van der Waals surface area contributed by atoms with Crippen molar-refractivity contribution in [3.8, 4) is 5.75 Å². The molecular weight excluding hydrogens is 243 g/mol. The minimum absolute atomic E-state index is 0. The maximum atomic E-state index is 10.3. The summed E-state index contributed by atoms with van der Waals surface area (Å²) in [6.45, 7) is 7.11. The summed E-state index contributed by atoms with van der Waals surface area (Å²) in [7, 11) is 0. The average molecular weight is 266 g/mol. The largest absolute Gasteiger partial charge is 3.00 e. The van der Waals surface area contributed by atoms with Crippen LogP contribution in [0.5, 0.6) is 5.75 Å². The summed E-state index contributed by atoms with van der Waals surface area (Å²) in [5.74, 6) is 0.0718. The normalized spacial score (nSPS) is 11.7. The molecule has 0 saturated heterocycles. The van der Waals surface area contributed by atoms with Crippen LogP contribution in [0.2, 0.25) is 0 Å². The van der Waals surface area contributed by atoms with Crippen LogP contribution in [0.15, 0.2) is 30.3 Å². The Balaban J connectivity index is -0.000000188. The summed E-state index contributed by atoms with van der Waals surface area (Å²) >= 11 is 0. The van der Waals surface area contributed by atoms with Gasteiger partial charge in [-0.25, -0.2) is 0 Å². The van der Waals surface area contributed by atoms with E-state index in [1.165, 1.54) is 12.1 Å². The molecule has 0 fully saturated rings. The van der Waals surface area contributed by atoms with Crippen LogP contribution in [-0.2, 0) is 0 Å². The van der Waals surface area contributed by atoms with Crippen LogP contribution in [0.1, 0.15) is 40.5 Å². The van der Waals surface area contributed by atoms with Crippen molar-refractivity contribution in [1.29, 1.82) is 0 Å². The molecule has 0 bridgehead atoms. The molecule has 100 valence electrons. The Labute approximate surface area is 122 Å². The fourth-order valence-corrected chi connectivity index (χ4v) is 0.420. The molecule has 0 aromatic heterocycles. The van der Waals surface area contributed by atoms with Crippen LogP contribution in [0.4, 0.5) is 0 Å². The van der Waals surface area contributed by atoms with Crippen LogP contribution < -0.4 is 15.3 Å². The predicted octanol–water partition coefficient (Wildman–Crippen LogP) is 0.670. The molecule has 0 spiro atoms. The number of para-hydroxylation sites is 1. The van der Waals surface area contributed by atoms with E-state index in [0.29, 0.717) is 0 Å². The van der Waals surface area contributed by atoms with Crippen molar-refractivity contribution in [2.45, 2.75) is 52.7 Å². The van der Waals surface area contributed by atoms with E-state index in [2.05, 4.69) is 0 Å². The molecule has 18 heavy (non-hydrogen) atoms. The first-order valence-electron chi connectivity index (χ1n) is 5.97. The third-order valence-electron chi connectivity index (χ3n) is 1.89. The average Bonchev–Trinajstić information content (AvgIpc) is 2.31. The van der Waals surface area contributed by atoms with E-state index in [1.54, 1.807) is 26.0 Å². The summed E-state index contributed by atoms with van der Waals surface area (Å²) in [5, 5.41) is 30.1. The summed E-state index contributed by atoms with van der Waals surface area (Å²) in [5.41, 5.74) is 0. The minimum Gasteiger partial charge on any atom is -0.872 e. The molecular formula is C14H23AlO3. The fourth-order valence-electron chi connectivity index (χ4n) is 0.420. The van der Waals surface area contributed by atoms with Gasteiger partial charge in [-0.2, -0.15) is 0 Å². The van der Waals surface area contributed by atoms with Crippen molar-refractivity contribution in [2.24, 2.45) is 0 Å². The van der Waals surface area contributed by atoms with E-state index >= 15 is 0 Å². The van der Waals surface area contributed by atoms with Crippen molar-refractivity contribution in [3.63, 3.8) is 0 Å². The maximum absolute atomic E-state index is 10.3. The van der Waals surface area contributed by atoms with Crippen LogP contribution in [0.25, 0.3) is 0 Å². The van der Waals surface area contributed by atoms with Gasteiger partial charge >= 0.3 is 17.4 Å². The van der Waals surface area contributed by atoms with Gasteiger partial charge in [-0.05, 0) is 0 Å². The van der Waals surface area contributed by atoms with E-state index in [-0.39, 0.29) is 35.3 Å². The molecule has 0 N–H and O–H groups in total. The van der Waals surface area contributed by atoms with Gasteiger partial charge in [-0.3, -0.25) is 0 Å². The van der Waals surface area contributed by atoms with E-state index in [1.807, 2.05) is 19.9 Å². The molecule has 1 aromatic carbocycles. The van der Waals surface area contributed by atoms with Crippen molar-refractivity contribution in [1.82, 2.24) is 0 Å². The van der Waals surface area contributed by atoms with E-state index in [0.717, 1.165) is 12.8 Å². The molecule has 3 nitrogen and oxygen atoms in total. The van der Waals surface area contributed by atoms with Gasteiger partial charge in [0.1, 0.15) is 0 Å². The Hall–Kier alpha value is -0.528. The van der Waals surface area contributed by atoms with E-state index in [9.17, 15) is 15.3 Å². The van der Waals surface area contributed by atoms with Crippen molar-refractivity contribution in [2.75, 3.05) is 0 Å². The summed E-state index contributed by atoms with van der Waals surface area (Å²) in [6, 6.07) is 8.33.